The first kappa shape index (κ1) is 23.6. The zero-order chi connectivity index (χ0) is 23.4. The fraction of sp³-hybridized carbons (Fsp3) is 0.0417. The Labute approximate surface area is 212 Å². The van der Waals surface area contributed by atoms with E-state index in [-0.39, 0.29) is 11.4 Å². The van der Waals surface area contributed by atoms with E-state index in [1.165, 1.54) is 0 Å². The van der Waals surface area contributed by atoms with E-state index in [0.29, 0.717) is 10.7 Å². The molecule has 0 saturated carbocycles. The molecule has 0 aromatic heterocycles. The summed E-state index contributed by atoms with van der Waals surface area (Å²) in [4.78, 5) is 40.7. The van der Waals surface area contributed by atoms with Gasteiger partial charge in [0.05, 0.1) is 4.91 Å². The molecule has 0 radical (unpaired) electrons. The maximum atomic E-state index is 12.7. The van der Waals surface area contributed by atoms with Crippen molar-refractivity contribution in [3.63, 3.8) is 0 Å². The van der Waals surface area contributed by atoms with Crippen molar-refractivity contribution in [3.8, 4) is 0 Å². The van der Waals surface area contributed by atoms with Gasteiger partial charge in [0.2, 0.25) is 5.91 Å². The molecule has 1 fully saturated rings. The topological polar surface area (TPSA) is 66.5 Å². The standard InChI is InChI=1S/C24H16BrClN2O3S2/c25-16-3-7-18(8-4-16)27-22(29)14-28-23(30)21(33-24(28)31)13-15-1-9-19(10-2-15)32-20-11-5-17(26)6-12-20/h1-13H,14H2,(H,27,29)/b21-13-. The van der Waals surface area contributed by atoms with Gasteiger partial charge < -0.3 is 5.32 Å². The second-order valence-electron chi connectivity index (χ2n) is 6.95. The molecule has 0 atom stereocenters. The van der Waals surface area contributed by atoms with Gasteiger partial charge in [-0.05, 0) is 84.1 Å². The number of hydrogen-bond acceptors (Lipinski definition) is 5. The van der Waals surface area contributed by atoms with E-state index >= 15 is 0 Å². The van der Waals surface area contributed by atoms with Gasteiger partial charge >= 0.3 is 0 Å². The molecule has 0 aliphatic carbocycles. The third-order valence-corrected chi connectivity index (χ3v) is 7.23. The Morgan fingerprint density at radius 3 is 2.21 bits per heavy atom. The van der Waals surface area contributed by atoms with E-state index in [1.54, 1.807) is 42.1 Å². The quantitative estimate of drug-likeness (QED) is 0.332. The van der Waals surface area contributed by atoms with Crippen LogP contribution in [0.1, 0.15) is 5.56 Å². The number of nitrogens with zero attached hydrogens (tertiary/aromatic N) is 1. The van der Waals surface area contributed by atoms with E-state index < -0.39 is 17.1 Å². The van der Waals surface area contributed by atoms with E-state index in [2.05, 4.69) is 21.2 Å². The molecule has 9 heteroatoms. The normalized spacial score (nSPS) is 14.7. The average Bonchev–Trinajstić information content (AvgIpc) is 3.05. The zero-order valence-corrected chi connectivity index (χ0v) is 20.9. The lowest BCUT2D eigenvalue weighted by molar-refractivity contribution is -0.127. The van der Waals surface area contributed by atoms with Crippen molar-refractivity contribution < 1.29 is 14.4 Å². The smallest absolute Gasteiger partial charge is 0.294 e. The number of benzene rings is 3. The first-order valence-corrected chi connectivity index (χ1v) is 12.5. The maximum absolute atomic E-state index is 12.7. The van der Waals surface area contributed by atoms with Crippen LogP contribution in [0.5, 0.6) is 0 Å². The first-order chi connectivity index (χ1) is 15.9. The molecule has 1 saturated heterocycles. The molecule has 0 bridgehead atoms. The number of carbonyl (C=O) groups is 3. The Morgan fingerprint density at radius 2 is 1.58 bits per heavy atom. The Balaban J connectivity index is 1.39. The van der Waals surface area contributed by atoms with Crippen molar-refractivity contribution in [2.24, 2.45) is 0 Å². The van der Waals surface area contributed by atoms with Crippen molar-refractivity contribution in [2.75, 3.05) is 11.9 Å². The summed E-state index contributed by atoms with van der Waals surface area (Å²) < 4.78 is 0.883. The molecule has 4 rings (SSSR count). The molecule has 1 heterocycles. The fourth-order valence-corrected chi connectivity index (χ4v) is 4.98. The highest BCUT2D eigenvalue weighted by Gasteiger charge is 2.36. The van der Waals surface area contributed by atoms with Crippen molar-refractivity contribution in [2.45, 2.75) is 9.79 Å². The van der Waals surface area contributed by atoms with Crippen LogP contribution in [-0.2, 0) is 9.59 Å². The van der Waals surface area contributed by atoms with Gasteiger partial charge in [-0.3, -0.25) is 19.3 Å². The van der Waals surface area contributed by atoms with Gasteiger partial charge in [0.1, 0.15) is 6.54 Å². The molecule has 3 amide bonds. The monoisotopic (exact) mass is 558 g/mol. The van der Waals surface area contributed by atoms with Crippen LogP contribution in [0.15, 0.2) is 92.0 Å². The lowest BCUT2D eigenvalue weighted by atomic mass is 10.2. The molecule has 1 aliphatic heterocycles. The van der Waals surface area contributed by atoms with Crippen molar-refractivity contribution in [1.82, 2.24) is 4.90 Å². The number of imide groups is 1. The molecule has 3 aromatic rings. The number of rotatable bonds is 6. The summed E-state index contributed by atoms with van der Waals surface area (Å²) in [7, 11) is 0. The number of anilines is 1. The van der Waals surface area contributed by atoms with Crippen LogP contribution in [0.4, 0.5) is 10.5 Å². The summed E-state index contributed by atoms with van der Waals surface area (Å²) in [6, 6.07) is 22.3. The third-order valence-electron chi connectivity index (χ3n) is 4.53. The van der Waals surface area contributed by atoms with Gasteiger partial charge in [-0.1, -0.05) is 51.4 Å². The molecule has 5 nitrogen and oxygen atoms in total. The van der Waals surface area contributed by atoms with Gasteiger partial charge in [-0.2, -0.15) is 0 Å². The highest BCUT2D eigenvalue weighted by molar-refractivity contribution is 9.10. The van der Waals surface area contributed by atoms with E-state index in [0.717, 1.165) is 36.5 Å². The number of nitrogens with one attached hydrogen (secondary N) is 1. The molecule has 33 heavy (non-hydrogen) atoms. The minimum Gasteiger partial charge on any atom is -0.325 e. The van der Waals surface area contributed by atoms with Crippen LogP contribution in [-0.4, -0.2) is 28.5 Å². The Kier molecular flexibility index (Phi) is 7.60. The van der Waals surface area contributed by atoms with Crippen LogP contribution in [0.2, 0.25) is 5.02 Å². The lowest BCUT2D eigenvalue weighted by Gasteiger charge is -2.12. The Hall–Kier alpha value is -2.52. The number of carbonyl (C=O) groups excluding carboxylic acids is 3. The first-order valence-electron chi connectivity index (χ1n) is 9.72. The highest BCUT2D eigenvalue weighted by Crippen LogP contribution is 2.33. The molecule has 1 N–H and O–H groups in total. The number of halogens is 2. The third kappa shape index (κ3) is 6.29. The van der Waals surface area contributed by atoms with Crippen LogP contribution in [0.25, 0.3) is 6.08 Å². The van der Waals surface area contributed by atoms with Gasteiger partial charge in [-0.25, -0.2) is 0 Å². The molecular formula is C24H16BrClN2O3S2. The molecule has 3 aromatic carbocycles. The van der Waals surface area contributed by atoms with Gasteiger partial charge in [0.15, 0.2) is 0 Å². The second kappa shape index (κ2) is 10.6. The lowest BCUT2D eigenvalue weighted by Crippen LogP contribution is -2.36. The SMILES string of the molecule is O=C(CN1C(=O)S/C(=C\c2ccc(Sc3ccc(Cl)cc3)cc2)C1=O)Nc1ccc(Br)cc1. The summed E-state index contributed by atoms with van der Waals surface area (Å²) in [6.45, 7) is -0.339. The molecule has 0 unspecified atom stereocenters. The fourth-order valence-electron chi connectivity index (χ4n) is 2.94. The number of thioether (sulfide) groups is 1. The summed E-state index contributed by atoms with van der Waals surface area (Å²) >= 11 is 11.7. The summed E-state index contributed by atoms with van der Waals surface area (Å²) in [6.07, 6.45) is 1.66. The van der Waals surface area contributed by atoms with Crippen LogP contribution in [0, 0.1) is 0 Å². The highest BCUT2D eigenvalue weighted by atomic mass is 79.9. The van der Waals surface area contributed by atoms with Crippen LogP contribution >= 0.6 is 51.1 Å². The van der Waals surface area contributed by atoms with E-state index in [9.17, 15) is 14.4 Å². The molecule has 166 valence electrons. The predicted molar refractivity (Wildman–Crippen MR) is 137 cm³/mol. The Bertz CT molecular complexity index is 1230. The van der Waals surface area contributed by atoms with Crippen LogP contribution < -0.4 is 5.32 Å². The predicted octanol–water partition coefficient (Wildman–Crippen LogP) is 6.93. The largest absolute Gasteiger partial charge is 0.325 e. The molecular weight excluding hydrogens is 544 g/mol. The van der Waals surface area contributed by atoms with E-state index in [1.807, 2.05) is 48.5 Å². The maximum Gasteiger partial charge on any atom is 0.294 e. The van der Waals surface area contributed by atoms with Crippen molar-refractivity contribution >= 4 is 79.9 Å². The van der Waals surface area contributed by atoms with E-state index in [4.69, 9.17) is 11.6 Å². The molecule has 1 aliphatic rings. The minimum absolute atomic E-state index is 0.287. The summed E-state index contributed by atoms with van der Waals surface area (Å²) in [5.74, 6) is -0.917. The zero-order valence-electron chi connectivity index (χ0n) is 17.0. The Morgan fingerprint density at radius 1 is 0.970 bits per heavy atom. The number of amides is 3. The van der Waals surface area contributed by atoms with Gasteiger partial charge in [0, 0.05) is 25.0 Å². The minimum atomic E-state index is -0.476. The number of hydrogen-bond donors (Lipinski definition) is 1. The summed E-state index contributed by atoms with van der Waals surface area (Å²) in [5, 5.41) is 2.91. The second-order valence-corrected chi connectivity index (χ2v) is 10.4. The van der Waals surface area contributed by atoms with Crippen molar-refractivity contribution in [1.29, 1.82) is 0 Å². The van der Waals surface area contributed by atoms with Gasteiger partial charge in [-0.15, -0.1) is 0 Å². The summed E-state index contributed by atoms with van der Waals surface area (Å²) in [5.41, 5.74) is 1.38. The van der Waals surface area contributed by atoms with Crippen LogP contribution in [0.3, 0.4) is 0 Å². The van der Waals surface area contributed by atoms with Gasteiger partial charge in [0.25, 0.3) is 11.1 Å². The average molecular weight is 560 g/mol. The molecule has 0 spiro atoms. The van der Waals surface area contributed by atoms with Crippen molar-refractivity contribution in [3.05, 3.63) is 92.8 Å².